The molecule has 13 nitrogen and oxygen atoms in total. The fraction of sp³-hybridized carbons (Fsp3) is 0.762. The van der Waals surface area contributed by atoms with Gasteiger partial charge in [0.05, 0.1) is 12.1 Å². The molecule has 4 amide bonds. The highest BCUT2D eigenvalue weighted by atomic mass is 16.4. The van der Waals surface area contributed by atoms with Crippen LogP contribution in [0.25, 0.3) is 0 Å². The van der Waals surface area contributed by atoms with E-state index in [2.05, 4.69) is 16.0 Å². The van der Waals surface area contributed by atoms with Crippen LogP contribution in [0.1, 0.15) is 59.3 Å². The number of amides is 4. The summed E-state index contributed by atoms with van der Waals surface area (Å²) >= 11 is 0. The van der Waals surface area contributed by atoms with Crippen LogP contribution in [0.15, 0.2) is 0 Å². The first-order valence-electron chi connectivity index (χ1n) is 11.4. The summed E-state index contributed by atoms with van der Waals surface area (Å²) in [5.41, 5.74) is 16.2. The van der Waals surface area contributed by atoms with Crippen molar-refractivity contribution < 1.29 is 34.2 Å². The number of aliphatic hydroxyl groups excluding tert-OH is 1. The van der Waals surface area contributed by atoms with Crippen molar-refractivity contribution in [3.63, 3.8) is 0 Å². The number of carboxylic acid groups (broad SMARTS) is 1. The van der Waals surface area contributed by atoms with E-state index < -0.39 is 59.9 Å². The Kier molecular flexibility index (Phi) is 14.7. The Morgan fingerprint density at radius 3 is 1.94 bits per heavy atom. The summed E-state index contributed by atoms with van der Waals surface area (Å²) < 4.78 is 0. The molecule has 0 spiro atoms. The summed E-state index contributed by atoms with van der Waals surface area (Å²) in [6.45, 7) is 5.10. The van der Waals surface area contributed by atoms with Gasteiger partial charge < -0.3 is 43.4 Å². The van der Waals surface area contributed by atoms with Crippen molar-refractivity contribution in [3.05, 3.63) is 0 Å². The lowest BCUT2D eigenvalue weighted by molar-refractivity contribution is -0.144. The van der Waals surface area contributed by atoms with Crippen LogP contribution >= 0.6 is 0 Å². The number of aliphatic hydroxyl groups is 1. The van der Waals surface area contributed by atoms with Gasteiger partial charge in [0.1, 0.15) is 18.1 Å². The third-order valence-corrected chi connectivity index (χ3v) is 5.46. The fourth-order valence-corrected chi connectivity index (χ4v) is 3.05. The first-order chi connectivity index (χ1) is 15.8. The molecule has 0 heterocycles. The number of carboxylic acids is 1. The number of rotatable bonds is 17. The second-order valence-electron chi connectivity index (χ2n) is 8.39. The highest BCUT2D eigenvalue weighted by Crippen LogP contribution is 2.10. The molecule has 0 radical (unpaired) electrons. The van der Waals surface area contributed by atoms with Crippen molar-refractivity contribution in [1.29, 1.82) is 0 Å². The van der Waals surface area contributed by atoms with E-state index in [4.69, 9.17) is 17.2 Å². The van der Waals surface area contributed by atoms with Crippen LogP contribution in [0.3, 0.4) is 0 Å². The molecule has 0 aromatic carbocycles. The number of carbonyl (C=O) groups is 5. The number of hydrogen-bond acceptors (Lipinski definition) is 8. The van der Waals surface area contributed by atoms with E-state index in [1.165, 1.54) is 6.92 Å². The second kappa shape index (κ2) is 16.0. The molecule has 0 aromatic rings. The Morgan fingerprint density at radius 1 is 0.882 bits per heavy atom. The number of nitrogens with two attached hydrogens (primary N) is 3. The Hall–Kier alpha value is -2.77. The van der Waals surface area contributed by atoms with Gasteiger partial charge >= 0.3 is 5.97 Å². The van der Waals surface area contributed by atoms with Gasteiger partial charge in [0, 0.05) is 6.42 Å². The Balaban J connectivity index is 5.45. The average molecular weight is 489 g/mol. The molecule has 13 heteroatoms. The molecule has 6 unspecified atom stereocenters. The molecule has 0 rings (SSSR count). The van der Waals surface area contributed by atoms with E-state index in [-0.39, 0.29) is 25.2 Å². The zero-order valence-corrected chi connectivity index (χ0v) is 20.1. The van der Waals surface area contributed by atoms with Crippen LogP contribution < -0.4 is 33.2 Å². The van der Waals surface area contributed by atoms with Crippen molar-refractivity contribution in [2.75, 3.05) is 6.54 Å². The third kappa shape index (κ3) is 11.4. The van der Waals surface area contributed by atoms with Crippen molar-refractivity contribution >= 4 is 29.6 Å². The van der Waals surface area contributed by atoms with Crippen LogP contribution in [0.5, 0.6) is 0 Å². The Labute approximate surface area is 199 Å². The fourth-order valence-electron chi connectivity index (χ4n) is 3.05. The van der Waals surface area contributed by atoms with Gasteiger partial charge in [0.15, 0.2) is 0 Å². The number of carbonyl (C=O) groups excluding carboxylic acids is 4. The van der Waals surface area contributed by atoms with Crippen molar-refractivity contribution in [2.45, 2.75) is 89.6 Å². The minimum atomic E-state index is -1.44. The first kappa shape index (κ1) is 31.2. The van der Waals surface area contributed by atoms with Gasteiger partial charge in [-0.2, -0.15) is 0 Å². The molecule has 11 N–H and O–H groups in total. The molecule has 0 aromatic heterocycles. The number of primary amides is 1. The van der Waals surface area contributed by atoms with Crippen LogP contribution in [0.4, 0.5) is 0 Å². The quantitative estimate of drug-likeness (QED) is 0.102. The van der Waals surface area contributed by atoms with Gasteiger partial charge in [-0.25, -0.2) is 4.79 Å². The highest BCUT2D eigenvalue weighted by molar-refractivity contribution is 5.94. The molecular formula is C21H40N6O7. The molecule has 0 fully saturated rings. The van der Waals surface area contributed by atoms with E-state index in [0.29, 0.717) is 25.8 Å². The summed E-state index contributed by atoms with van der Waals surface area (Å²) in [5.74, 6) is -4.53. The first-order valence-corrected chi connectivity index (χ1v) is 11.4. The smallest absolute Gasteiger partial charge is 0.326 e. The molecule has 0 saturated heterocycles. The predicted molar refractivity (Wildman–Crippen MR) is 124 cm³/mol. The molecule has 0 bridgehead atoms. The molecular weight excluding hydrogens is 448 g/mol. The minimum absolute atomic E-state index is 0.0500. The molecule has 0 saturated carbocycles. The molecule has 0 aliphatic heterocycles. The van der Waals surface area contributed by atoms with Crippen LogP contribution in [-0.2, 0) is 24.0 Å². The van der Waals surface area contributed by atoms with Crippen LogP contribution in [0, 0.1) is 5.92 Å². The molecule has 6 atom stereocenters. The predicted octanol–water partition coefficient (Wildman–Crippen LogP) is -2.33. The van der Waals surface area contributed by atoms with E-state index in [1.54, 1.807) is 13.8 Å². The molecule has 34 heavy (non-hydrogen) atoms. The van der Waals surface area contributed by atoms with Gasteiger partial charge in [0.25, 0.3) is 0 Å². The van der Waals surface area contributed by atoms with Gasteiger partial charge in [0.2, 0.25) is 23.6 Å². The Morgan fingerprint density at radius 2 is 1.47 bits per heavy atom. The summed E-state index contributed by atoms with van der Waals surface area (Å²) in [6, 6.07) is -4.85. The second-order valence-corrected chi connectivity index (χ2v) is 8.39. The Bertz CT molecular complexity index is 703. The van der Waals surface area contributed by atoms with Gasteiger partial charge in [-0.3, -0.25) is 19.2 Å². The standard InChI is InChI=1S/C21H40N6O7/c1-4-11(2)16(21(33)34)26-19(31)14(7-5-6-10-22)25-20(32)17(12(3)28)27-18(30)13(23)8-9-15(24)29/h11-14,16-17,28H,4-10,22-23H2,1-3H3,(H2,24,29)(H,25,32)(H,26,31)(H,27,30)(H,33,34). The van der Waals surface area contributed by atoms with Gasteiger partial charge in [-0.05, 0) is 45.1 Å². The van der Waals surface area contributed by atoms with Gasteiger partial charge in [-0.15, -0.1) is 0 Å². The van der Waals surface area contributed by atoms with Crippen LogP contribution in [0.2, 0.25) is 0 Å². The van der Waals surface area contributed by atoms with Crippen molar-refractivity contribution in [2.24, 2.45) is 23.1 Å². The average Bonchev–Trinajstić information content (AvgIpc) is 2.77. The van der Waals surface area contributed by atoms with Crippen molar-refractivity contribution in [3.8, 4) is 0 Å². The molecule has 0 aliphatic carbocycles. The van der Waals surface area contributed by atoms with E-state index >= 15 is 0 Å². The highest BCUT2D eigenvalue weighted by Gasteiger charge is 2.33. The maximum Gasteiger partial charge on any atom is 0.326 e. The maximum absolute atomic E-state index is 12.8. The monoisotopic (exact) mass is 488 g/mol. The number of hydrogen-bond donors (Lipinski definition) is 8. The summed E-state index contributed by atoms with van der Waals surface area (Å²) in [4.78, 5) is 60.5. The lowest BCUT2D eigenvalue weighted by Crippen LogP contribution is -2.60. The van der Waals surface area contributed by atoms with E-state index in [9.17, 15) is 34.2 Å². The minimum Gasteiger partial charge on any atom is -0.480 e. The number of aliphatic carboxylic acids is 1. The molecule has 0 aliphatic rings. The molecule has 196 valence electrons. The summed E-state index contributed by atoms with van der Waals surface area (Å²) in [6.07, 6.45) is 0.189. The van der Waals surface area contributed by atoms with Crippen molar-refractivity contribution in [1.82, 2.24) is 16.0 Å². The summed E-state index contributed by atoms with van der Waals surface area (Å²) in [7, 11) is 0. The SMILES string of the molecule is CCC(C)C(NC(=O)C(CCCCN)NC(=O)C(NC(=O)C(N)CCC(N)=O)C(C)O)C(=O)O. The maximum atomic E-state index is 12.8. The lowest BCUT2D eigenvalue weighted by Gasteiger charge is -2.27. The van der Waals surface area contributed by atoms with Crippen LogP contribution in [-0.4, -0.2) is 76.6 Å². The number of nitrogens with one attached hydrogen (secondary N) is 3. The van der Waals surface area contributed by atoms with E-state index in [1.807, 2.05) is 0 Å². The van der Waals surface area contributed by atoms with Gasteiger partial charge in [-0.1, -0.05) is 20.3 Å². The number of unbranched alkanes of at least 4 members (excludes halogenated alkanes) is 1. The zero-order chi connectivity index (χ0) is 26.4. The topological polar surface area (TPSA) is 240 Å². The third-order valence-electron chi connectivity index (χ3n) is 5.46. The normalized spacial score (nSPS) is 16.3. The zero-order valence-electron chi connectivity index (χ0n) is 20.1. The van der Waals surface area contributed by atoms with E-state index in [0.717, 1.165) is 0 Å². The lowest BCUT2D eigenvalue weighted by atomic mass is 9.98. The summed E-state index contributed by atoms with van der Waals surface area (Å²) in [5, 5.41) is 26.7. The largest absolute Gasteiger partial charge is 0.480 e.